The van der Waals surface area contributed by atoms with Gasteiger partial charge < -0.3 is 0 Å². The predicted molar refractivity (Wildman–Crippen MR) is 72.8 cm³/mol. The first kappa shape index (κ1) is 13.0. The minimum absolute atomic E-state index is 0.242. The Bertz CT molecular complexity index is 637. The number of aromatic nitrogens is 2. The average Bonchev–Trinajstić information content (AvgIpc) is 2.90. The van der Waals surface area contributed by atoms with E-state index in [0.717, 1.165) is 18.3 Å². The van der Waals surface area contributed by atoms with Crippen LogP contribution in [0.25, 0.3) is 11.3 Å². The van der Waals surface area contributed by atoms with E-state index in [9.17, 15) is 4.79 Å². The summed E-state index contributed by atoms with van der Waals surface area (Å²) in [6.45, 7) is 4.12. The van der Waals surface area contributed by atoms with Crippen LogP contribution in [0, 0.1) is 11.3 Å². The van der Waals surface area contributed by atoms with Gasteiger partial charge in [-0.3, -0.25) is 9.48 Å². The van der Waals surface area contributed by atoms with E-state index < -0.39 is 0 Å². The maximum atomic E-state index is 11.2. The summed E-state index contributed by atoms with van der Waals surface area (Å²) in [6, 6.07) is 9.47. The molecular weight excluding hydrogens is 238 g/mol. The van der Waals surface area contributed by atoms with Crippen LogP contribution in [0.4, 0.5) is 0 Å². The lowest BCUT2D eigenvalue weighted by Gasteiger charge is -2.07. The molecule has 0 saturated heterocycles. The minimum atomic E-state index is 0.242. The monoisotopic (exact) mass is 253 g/mol. The van der Waals surface area contributed by atoms with Crippen LogP contribution in [0.5, 0.6) is 0 Å². The molecule has 19 heavy (non-hydrogen) atoms. The van der Waals surface area contributed by atoms with Gasteiger partial charge in [0.2, 0.25) is 0 Å². The lowest BCUT2D eigenvalue weighted by molar-refractivity contribution is 0.112. The van der Waals surface area contributed by atoms with Crippen LogP contribution in [0.1, 0.15) is 42.2 Å². The third-order valence-electron chi connectivity index (χ3n) is 3.19. The molecule has 4 heteroatoms. The number of rotatable bonds is 4. The topological polar surface area (TPSA) is 58.7 Å². The molecule has 0 radical (unpaired) electrons. The standard InChI is InChI=1S/C15H15N3O/c1-3-11(2)18-9-14(10-19)15(17-18)13-6-4-5-12(7-13)8-16/h4-7,9-11H,3H2,1-2H3. The maximum absolute atomic E-state index is 11.2. The summed E-state index contributed by atoms with van der Waals surface area (Å²) >= 11 is 0. The zero-order chi connectivity index (χ0) is 13.8. The summed E-state index contributed by atoms with van der Waals surface area (Å²) in [5.41, 5.74) is 2.54. The molecule has 0 amide bonds. The van der Waals surface area contributed by atoms with E-state index in [-0.39, 0.29) is 6.04 Å². The summed E-state index contributed by atoms with van der Waals surface area (Å²) in [7, 11) is 0. The van der Waals surface area contributed by atoms with E-state index in [1.54, 1.807) is 29.1 Å². The zero-order valence-corrected chi connectivity index (χ0v) is 11.0. The van der Waals surface area contributed by atoms with Crippen LogP contribution in [0.2, 0.25) is 0 Å². The molecular formula is C15H15N3O. The van der Waals surface area contributed by atoms with Crippen molar-refractivity contribution in [3.05, 3.63) is 41.6 Å². The van der Waals surface area contributed by atoms with Crippen molar-refractivity contribution in [1.29, 1.82) is 5.26 Å². The molecule has 1 aromatic heterocycles. The van der Waals surface area contributed by atoms with Crippen LogP contribution in [-0.4, -0.2) is 16.1 Å². The van der Waals surface area contributed by atoms with Gasteiger partial charge in [0.1, 0.15) is 5.69 Å². The second-order valence-electron chi connectivity index (χ2n) is 4.48. The maximum Gasteiger partial charge on any atom is 0.153 e. The van der Waals surface area contributed by atoms with Crippen LogP contribution >= 0.6 is 0 Å². The number of hydrogen-bond donors (Lipinski definition) is 0. The fraction of sp³-hybridized carbons (Fsp3) is 0.267. The molecule has 1 heterocycles. The highest BCUT2D eigenvalue weighted by Gasteiger charge is 2.13. The number of nitriles is 1. The van der Waals surface area contributed by atoms with E-state index in [1.807, 2.05) is 6.07 Å². The molecule has 0 aliphatic heterocycles. The Balaban J connectivity index is 2.51. The van der Waals surface area contributed by atoms with E-state index in [0.29, 0.717) is 16.8 Å². The van der Waals surface area contributed by atoms with Crippen LogP contribution in [-0.2, 0) is 0 Å². The largest absolute Gasteiger partial charge is 0.298 e. The number of nitrogens with zero attached hydrogens (tertiary/aromatic N) is 3. The lowest BCUT2D eigenvalue weighted by atomic mass is 10.1. The van der Waals surface area contributed by atoms with Gasteiger partial charge in [0.25, 0.3) is 0 Å². The third kappa shape index (κ3) is 2.55. The van der Waals surface area contributed by atoms with E-state index in [1.165, 1.54) is 0 Å². The molecule has 2 aromatic rings. The molecule has 0 saturated carbocycles. The zero-order valence-electron chi connectivity index (χ0n) is 11.0. The highest BCUT2D eigenvalue weighted by Crippen LogP contribution is 2.23. The molecule has 1 aromatic carbocycles. The van der Waals surface area contributed by atoms with E-state index in [4.69, 9.17) is 5.26 Å². The Labute approximate surface area is 112 Å². The molecule has 2 rings (SSSR count). The second kappa shape index (κ2) is 5.49. The number of carbonyl (C=O) groups excluding carboxylic acids is 1. The number of aldehydes is 1. The van der Waals surface area contributed by atoms with Gasteiger partial charge >= 0.3 is 0 Å². The number of benzene rings is 1. The Morgan fingerprint density at radius 1 is 1.53 bits per heavy atom. The van der Waals surface area contributed by atoms with Gasteiger partial charge in [-0.2, -0.15) is 10.4 Å². The van der Waals surface area contributed by atoms with Gasteiger partial charge in [0.15, 0.2) is 6.29 Å². The molecule has 0 fully saturated rings. The SMILES string of the molecule is CCC(C)n1cc(C=O)c(-c2cccc(C#N)c2)n1. The van der Waals surface area contributed by atoms with Crippen molar-refractivity contribution in [1.82, 2.24) is 9.78 Å². The first-order chi connectivity index (χ1) is 9.19. The second-order valence-corrected chi connectivity index (χ2v) is 4.48. The quantitative estimate of drug-likeness (QED) is 0.786. The van der Waals surface area contributed by atoms with Gasteiger partial charge in [-0.1, -0.05) is 19.1 Å². The Morgan fingerprint density at radius 3 is 2.95 bits per heavy atom. The highest BCUT2D eigenvalue weighted by atomic mass is 16.1. The smallest absolute Gasteiger partial charge is 0.153 e. The molecule has 0 aliphatic carbocycles. The molecule has 96 valence electrons. The molecule has 1 unspecified atom stereocenters. The summed E-state index contributed by atoms with van der Waals surface area (Å²) in [6.07, 6.45) is 3.51. The van der Waals surface area contributed by atoms with Crippen LogP contribution in [0.3, 0.4) is 0 Å². The minimum Gasteiger partial charge on any atom is -0.298 e. The third-order valence-corrected chi connectivity index (χ3v) is 3.19. The first-order valence-electron chi connectivity index (χ1n) is 6.24. The fourth-order valence-corrected chi connectivity index (χ4v) is 1.87. The predicted octanol–water partition coefficient (Wildman–Crippen LogP) is 3.21. The molecule has 4 nitrogen and oxygen atoms in total. The van der Waals surface area contributed by atoms with Crippen LogP contribution < -0.4 is 0 Å². The van der Waals surface area contributed by atoms with Crippen molar-refractivity contribution in [3.63, 3.8) is 0 Å². The van der Waals surface area contributed by atoms with E-state index >= 15 is 0 Å². The summed E-state index contributed by atoms with van der Waals surface area (Å²) < 4.78 is 1.80. The summed E-state index contributed by atoms with van der Waals surface area (Å²) in [5.74, 6) is 0. The van der Waals surface area contributed by atoms with Gasteiger partial charge in [-0.05, 0) is 25.5 Å². The summed E-state index contributed by atoms with van der Waals surface area (Å²) in [4.78, 5) is 11.2. The summed E-state index contributed by atoms with van der Waals surface area (Å²) in [5, 5.41) is 13.4. The normalized spacial score (nSPS) is 11.8. The molecule has 0 spiro atoms. The molecule has 0 aliphatic rings. The molecule has 1 atom stereocenters. The van der Waals surface area contributed by atoms with Crippen molar-refractivity contribution in [2.24, 2.45) is 0 Å². The van der Waals surface area contributed by atoms with Gasteiger partial charge in [0, 0.05) is 17.8 Å². The van der Waals surface area contributed by atoms with Crippen molar-refractivity contribution in [2.75, 3.05) is 0 Å². The van der Waals surface area contributed by atoms with Gasteiger partial charge in [-0.25, -0.2) is 0 Å². The van der Waals surface area contributed by atoms with Gasteiger partial charge in [0.05, 0.1) is 17.2 Å². The van der Waals surface area contributed by atoms with Crippen molar-refractivity contribution in [3.8, 4) is 17.3 Å². The van der Waals surface area contributed by atoms with Crippen LogP contribution in [0.15, 0.2) is 30.5 Å². The van der Waals surface area contributed by atoms with Crippen molar-refractivity contribution < 1.29 is 4.79 Å². The Morgan fingerprint density at radius 2 is 2.32 bits per heavy atom. The van der Waals surface area contributed by atoms with Crippen molar-refractivity contribution in [2.45, 2.75) is 26.3 Å². The average molecular weight is 253 g/mol. The molecule has 0 N–H and O–H groups in total. The van der Waals surface area contributed by atoms with Crippen molar-refractivity contribution >= 4 is 6.29 Å². The Kier molecular flexibility index (Phi) is 3.76. The van der Waals surface area contributed by atoms with Gasteiger partial charge in [-0.15, -0.1) is 0 Å². The van der Waals surface area contributed by atoms with E-state index in [2.05, 4.69) is 25.0 Å². The number of hydrogen-bond acceptors (Lipinski definition) is 3. The fourth-order valence-electron chi connectivity index (χ4n) is 1.87. The Hall–Kier alpha value is -2.41. The highest BCUT2D eigenvalue weighted by molar-refractivity contribution is 5.85. The number of carbonyl (C=O) groups is 1. The molecule has 0 bridgehead atoms. The first-order valence-corrected chi connectivity index (χ1v) is 6.24. The lowest BCUT2D eigenvalue weighted by Crippen LogP contribution is -2.04.